The van der Waals surface area contributed by atoms with Crippen LogP contribution in [-0.2, 0) is 21.3 Å². The smallest absolute Gasteiger partial charge is 0.337 e. The summed E-state index contributed by atoms with van der Waals surface area (Å²) in [5.41, 5.74) is 1.60. The first-order chi connectivity index (χ1) is 14.9. The summed E-state index contributed by atoms with van der Waals surface area (Å²) >= 11 is 0. The number of nitrogens with zero attached hydrogens (tertiary/aromatic N) is 3. The average Bonchev–Trinajstić information content (AvgIpc) is 3.48. The number of benzene rings is 1. The second-order valence-corrected chi connectivity index (χ2v) is 10.0. The molecule has 0 bridgehead atoms. The van der Waals surface area contributed by atoms with Gasteiger partial charge < -0.3 is 14.1 Å². The largest absolute Gasteiger partial charge is 0.465 e. The Balaban J connectivity index is 1.37. The van der Waals surface area contributed by atoms with E-state index in [2.05, 4.69) is 16.7 Å². The van der Waals surface area contributed by atoms with Gasteiger partial charge in [-0.3, -0.25) is 4.90 Å². The molecule has 1 unspecified atom stereocenters. The van der Waals surface area contributed by atoms with Crippen molar-refractivity contribution >= 4 is 21.7 Å². The lowest BCUT2D eigenvalue weighted by molar-refractivity contribution is 0.0600. The van der Waals surface area contributed by atoms with Crippen LogP contribution in [-0.4, -0.2) is 69.5 Å². The number of rotatable bonds is 6. The van der Waals surface area contributed by atoms with Gasteiger partial charge in [0.15, 0.2) is 0 Å². The third-order valence-electron chi connectivity index (χ3n) is 6.07. The highest BCUT2D eigenvalue weighted by molar-refractivity contribution is 7.89. The number of sulfonamides is 1. The minimum atomic E-state index is -3.52. The van der Waals surface area contributed by atoms with E-state index in [1.54, 1.807) is 24.3 Å². The van der Waals surface area contributed by atoms with Crippen LogP contribution in [0.1, 0.15) is 35.9 Å². The molecule has 1 aromatic carbocycles. The second-order valence-electron chi connectivity index (χ2n) is 8.14. The van der Waals surface area contributed by atoms with Crippen molar-refractivity contribution in [2.45, 2.75) is 37.4 Å². The Kier molecular flexibility index (Phi) is 6.36. The SMILES string of the molecule is COC(=O)c1ccc(N2CCN(Cc3ccc(S(=O)(=O)N4CCCC4)o3)C(C)C2)cc1. The highest BCUT2D eigenvalue weighted by Crippen LogP contribution is 2.25. The minimum absolute atomic E-state index is 0.0429. The van der Waals surface area contributed by atoms with Crippen LogP contribution in [0.3, 0.4) is 0 Å². The molecule has 0 N–H and O–H groups in total. The van der Waals surface area contributed by atoms with Gasteiger partial charge in [-0.2, -0.15) is 4.31 Å². The lowest BCUT2D eigenvalue weighted by atomic mass is 10.1. The van der Waals surface area contributed by atoms with Gasteiger partial charge in [-0.05, 0) is 56.2 Å². The van der Waals surface area contributed by atoms with Gasteiger partial charge in [0, 0.05) is 44.5 Å². The zero-order valence-corrected chi connectivity index (χ0v) is 18.8. The number of carbonyl (C=O) groups is 1. The fourth-order valence-electron chi connectivity index (χ4n) is 4.23. The molecule has 0 radical (unpaired) electrons. The highest BCUT2D eigenvalue weighted by atomic mass is 32.2. The van der Waals surface area contributed by atoms with Crippen molar-refractivity contribution in [3.8, 4) is 0 Å². The van der Waals surface area contributed by atoms with E-state index in [1.807, 2.05) is 12.1 Å². The van der Waals surface area contributed by atoms with E-state index in [1.165, 1.54) is 11.4 Å². The van der Waals surface area contributed by atoms with Crippen LogP contribution in [0.5, 0.6) is 0 Å². The fraction of sp³-hybridized carbons (Fsp3) is 0.500. The van der Waals surface area contributed by atoms with Gasteiger partial charge in [-0.15, -0.1) is 0 Å². The first-order valence-corrected chi connectivity index (χ1v) is 12.1. The summed E-state index contributed by atoms with van der Waals surface area (Å²) in [5.74, 6) is 0.329. The third kappa shape index (κ3) is 4.63. The molecule has 0 spiro atoms. The maximum absolute atomic E-state index is 12.7. The van der Waals surface area contributed by atoms with Gasteiger partial charge in [0.05, 0.1) is 19.2 Å². The monoisotopic (exact) mass is 447 g/mol. The Morgan fingerprint density at radius 2 is 1.77 bits per heavy atom. The highest BCUT2D eigenvalue weighted by Gasteiger charge is 2.31. The van der Waals surface area contributed by atoms with Crippen LogP contribution in [0, 0.1) is 0 Å². The van der Waals surface area contributed by atoms with E-state index >= 15 is 0 Å². The molecule has 0 saturated carbocycles. The number of hydrogen-bond donors (Lipinski definition) is 0. The number of anilines is 1. The predicted molar refractivity (Wildman–Crippen MR) is 117 cm³/mol. The number of hydrogen-bond acceptors (Lipinski definition) is 7. The number of carbonyl (C=O) groups excluding carboxylic acids is 1. The summed E-state index contributed by atoms with van der Waals surface area (Å²) in [6.07, 6.45) is 1.81. The van der Waals surface area contributed by atoms with E-state index in [0.717, 1.165) is 38.2 Å². The maximum atomic E-state index is 12.7. The van der Waals surface area contributed by atoms with Crippen LogP contribution in [0.15, 0.2) is 45.9 Å². The van der Waals surface area contributed by atoms with Crippen molar-refractivity contribution < 1.29 is 22.4 Å². The number of furan rings is 1. The third-order valence-corrected chi connectivity index (χ3v) is 7.85. The lowest BCUT2D eigenvalue weighted by Crippen LogP contribution is -2.51. The number of esters is 1. The van der Waals surface area contributed by atoms with Gasteiger partial charge >= 0.3 is 5.97 Å². The molecular weight excluding hydrogens is 418 g/mol. The van der Waals surface area contributed by atoms with E-state index in [-0.39, 0.29) is 17.1 Å². The fourth-order valence-corrected chi connectivity index (χ4v) is 5.67. The van der Waals surface area contributed by atoms with Crippen LogP contribution >= 0.6 is 0 Å². The Hall–Kier alpha value is -2.36. The zero-order chi connectivity index (χ0) is 22.0. The topological polar surface area (TPSA) is 83.3 Å². The molecule has 2 aliphatic rings. The van der Waals surface area contributed by atoms with E-state index in [4.69, 9.17) is 9.15 Å². The molecule has 8 nitrogen and oxygen atoms in total. The molecule has 1 aromatic heterocycles. The van der Waals surface area contributed by atoms with Gasteiger partial charge in [0.1, 0.15) is 5.76 Å². The molecule has 0 aliphatic carbocycles. The van der Waals surface area contributed by atoms with Crippen LogP contribution < -0.4 is 4.90 Å². The Morgan fingerprint density at radius 1 is 1.06 bits per heavy atom. The number of piperazine rings is 1. The molecule has 3 heterocycles. The predicted octanol–water partition coefficient (Wildman–Crippen LogP) is 2.56. The van der Waals surface area contributed by atoms with Crippen LogP contribution in [0.25, 0.3) is 0 Å². The van der Waals surface area contributed by atoms with Crippen molar-refractivity contribution in [1.82, 2.24) is 9.21 Å². The van der Waals surface area contributed by atoms with Crippen molar-refractivity contribution in [2.75, 3.05) is 44.7 Å². The van der Waals surface area contributed by atoms with Gasteiger partial charge in [0.2, 0.25) is 5.09 Å². The molecule has 2 aromatic rings. The Bertz CT molecular complexity index is 1010. The van der Waals surface area contributed by atoms with Crippen molar-refractivity contribution in [1.29, 1.82) is 0 Å². The Labute approximate surface area is 183 Å². The summed E-state index contributed by atoms with van der Waals surface area (Å²) in [6.45, 7) is 6.36. The molecule has 2 aliphatic heterocycles. The van der Waals surface area contributed by atoms with Gasteiger partial charge in [0.25, 0.3) is 10.0 Å². The summed E-state index contributed by atoms with van der Waals surface area (Å²) in [4.78, 5) is 16.2. The molecule has 31 heavy (non-hydrogen) atoms. The van der Waals surface area contributed by atoms with E-state index in [9.17, 15) is 13.2 Å². The maximum Gasteiger partial charge on any atom is 0.337 e. The minimum Gasteiger partial charge on any atom is -0.465 e. The first kappa shape index (κ1) is 21.9. The van der Waals surface area contributed by atoms with Gasteiger partial charge in [-0.25, -0.2) is 13.2 Å². The molecule has 2 saturated heterocycles. The normalized spacial score (nSPS) is 20.8. The molecule has 168 valence electrons. The number of ether oxygens (including phenoxy) is 1. The molecular formula is C22H29N3O5S. The zero-order valence-electron chi connectivity index (χ0n) is 18.0. The summed E-state index contributed by atoms with van der Waals surface area (Å²) in [7, 11) is -2.15. The van der Waals surface area contributed by atoms with E-state index in [0.29, 0.717) is 31.0 Å². The van der Waals surface area contributed by atoms with Gasteiger partial charge in [-0.1, -0.05) is 0 Å². The van der Waals surface area contributed by atoms with Crippen molar-refractivity contribution in [3.05, 3.63) is 47.7 Å². The summed E-state index contributed by atoms with van der Waals surface area (Å²) in [5, 5.41) is 0.0429. The standard InChI is InChI=1S/C22H29N3O5S/c1-17-15-24(19-7-5-18(6-8-19)22(26)29-2)14-13-23(17)16-20-9-10-21(30-20)31(27,28)25-11-3-4-12-25/h5-10,17H,3-4,11-16H2,1-2H3. The molecule has 2 fully saturated rings. The first-order valence-electron chi connectivity index (χ1n) is 10.6. The average molecular weight is 448 g/mol. The van der Waals surface area contributed by atoms with Crippen molar-refractivity contribution in [2.24, 2.45) is 0 Å². The van der Waals surface area contributed by atoms with Crippen LogP contribution in [0.2, 0.25) is 0 Å². The lowest BCUT2D eigenvalue weighted by Gasteiger charge is -2.40. The second kappa shape index (κ2) is 9.02. The molecule has 9 heteroatoms. The molecule has 1 atom stereocenters. The van der Waals surface area contributed by atoms with Crippen molar-refractivity contribution in [3.63, 3.8) is 0 Å². The quantitative estimate of drug-likeness (QED) is 0.630. The molecule has 4 rings (SSSR count). The number of methoxy groups -OCH3 is 1. The van der Waals surface area contributed by atoms with E-state index < -0.39 is 10.0 Å². The van der Waals surface area contributed by atoms with Crippen LogP contribution in [0.4, 0.5) is 5.69 Å². The summed E-state index contributed by atoms with van der Waals surface area (Å²) in [6, 6.07) is 11.1. The summed E-state index contributed by atoms with van der Waals surface area (Å²) < 4.78 is 37.3. The molecule has 0 amide bonds. The Morgan fingerprint density at radius 3 is 2.42 bits per heavy atom.